The van der Waals surface area contributed by atoms with Crippen LogP contribution in [0, 0.1) is 0 Å². The first kappa shape index (κ1) is 13.0. The first-order chi connectivity index (χ1) is 7.65. The molecule has 16 heavy (non-hydrogen) atoms. The number of nitrogens with one attached hydrogen (secondary N) is 2. The van der Waals surface area contributed by atoms with Crippen LogP contribution in [-0.2, 0) is 0 Å². The van der Waals surface area contributed by atoms with E-state index in [1.165, 1.54) is 0 Å². The van der Waals surface area contributed by atoms with Crippen LogP contribution >= 0.6 is 11.8 Å². The molecule has 0 spiro atoms. The molecule has 0 atom stereocenters. The van der Waals surface area contributed by atoms with Crippen molar-refractivity contribution in [2.24, 2.45) is 0 Å². The fourth-order valence-corrected chi connectivity index (χ4v) is 1.56. The van der Waals surface area contributed by atoms with Crippen molar-refractivity contribution in [2.75, 3.05) is 18.6 Å². The van der Waals surface area contributed by atoms with Crippen molar-refractivity contribution in [3.8, 4) is 0 Å². The minimum atomic E-state index is -0.204. The van der Waals surface area contributed by atoms with E-state index in [4.69, 9.17) is 0 Å². The van der Waals surface area contributed by atoms with E-state index in [2.05, 4.69) is 20.5 Å². The van der Waals surface area contributed by atoms with Crippen LogP contribution in [0.15, 0.2) is 0 Å². The highest BCUT2D eigenvalue weighted by Crippen LogP contribution is 2.07. The zero-order valence-corrected chi connectivity index (χ0v) is 10.7. The number of carbonyl (C=O) groups excluding carboxylic acids is 1. The number of H-pyrrole nitrogens is 1. The molecule has 0 saturated carbocycles. The van der Waals surface area contributed by atoms with Crippen LogP contribution in [-0.4, -0.2) is 39.6 Å². The highest BCUT2D eigenvalue weighted by molar-refractivity contribution is 7.98. The van der Waals surface area contributed by atoms with Crippen LogP contribution in [0.3, 0.4) is 0 Å². The lowest BCUT2D eigenvalue weighted by Crippen LogP contribution is -2.25. The number of hydrogen-bond donors (Lipinski definition) is 2. The average Bonchev–Trinajstić information content (AvgIpc) is 2.73. The van der Waals surface area contributed by atoms with Crippen LogP contribution in [0.25, 0.3) is 0 Å². The molecule has 0 bridgehead atoms. The molecule has 0 saturated heterocycles. The third-order valence-electron chi connectivity index (χ3n) is 2.06. The van der Waals surface area contributed by atoms with Gasteiger partial charge in [-0.25, -0.2) is 4.98 Å². The van der Waals surface area contributed by atoms with Crippen LogP contribution in [0.2, 0.25) is 0 Å². The van der Waals surface area contributed by atoms with Gasteiger partial charge in [-0.15, -0.1) is 5.10 Å². The number of rotatable bonds is 6. The SMILES string of the molecule is CSCCCNC(=O)c1n[nH]c(C(C)C)n1. The Bertz CT molecular complexity index is 337. The molecule has 90 valence electrons. The first-order valence-corrected chi connectivity index (χ1v) is 6.74. The summed E-state index contributed by atoms with van der Waals surface area (Å²) in [6.07, 6.45) is 3.01. The summed E-state index contributed by atoms with van der Waals surface area (Å²) >= 11 is 1.77. The Morgan fingerprint density at radius 2 is 2.31 bits per heavy atom. The number of aromatic amines is 1. The lowest BCUT2D eigenvalue weighted by atomic mass is 10.2. The van der Waals surface area contributed by atoms with Gasteiger partial charge >= 0.3 is 0 Å². The van der Waals surface area contributed by atoms with E-state index in [1.807, 2.05) is 20.1 Å². The summed E-state index contributed by atoms with van der Waals surface area (Å²) in [6.45, 7) is 4.67. The summed E-state index contributed by atoms with van der Waals surface area (Å²) in [5, 5.41) is 9.43. The maximum atomic E-state index is 11.6. The molecule has 0 aromatic carbocycles. The van der Waals surface area contributed by atoms with Gasteiger partial charge in [0.2, 0.25) is 5.82 Å². The molecule has 1 amide bonds. The summed E-state index contributed by atoms with van der Waals surface area (Å²) in [5.41, 5.74) is 0. The second kappa shape index (κ2) is 6.52. The third kappa shape index (κ3) is 3.84. The van der Waals surface area contributed by atoms with Gasteiger partial charge in [0.1, 0.15) is 5.82 Å². The van der Waals surface area contributed by atoms with Gasteiger partial charge in [-0.2, -0.15) is 11.8 Å². The Morgan fingerprint density at radius 1 is 1.56 bits per heavy atom. The van der Waals surface area contributed by atoms with Gasteiger partial charge in [0, 0.05) is 12.5 Å². The van der Waals surface area contributed by atoms with Gasteiger partial charge in [0.25, 0.3) is 5.91 Å². The predicted molar refractivity (Wildman–Crippen MR) is 65.8 cm³/mol. The first-order valence-electron chi connectivity index (χ1n) is 5.34. The molecular formula is C10H18N4OS. The molecule has 5 nitrogen and oxygen atoms in total. The molecular weight excluding hydrogens is 224 g/mol. The zero-order chi connectivity index (χ0) is 12.0. The number of amides is 1. The molecule has 0 unspecified atom stereocenters. The monoisotopic (exact) mass is 242 g/mol. The molecule has 0 aliphatic carbocycles. The summed E-state index contributed by atoms with van der Waals surface area (Å²) in [6, 6.07) is 0. The highest BCUT2D eigenvalue weighted by Gasteiger charge is 2.12. The molecule has 1 aromatic rings. The molecule has 1 aromatic heterocycles. The molecule has 6 heteroatoms. The van der Waals surface area contributed by atoms with E-state index in [-0.39, 0.29) is 17.6 Å². The lowest BCUT2D eigenvalue weighted by molar-refractivity contribution is 0.0944. The Balaban J connectivity index is 2.40. The zero-order valence-electron chi connectivity index (χ0n) is 9.91. The number of carbonyl (C=O) groups is 1. The van der Waals surface area contributed by atoms with Gasteiger partial charge in [-0.05, 0) is 18.4 Å². The van der Waals surface area contributed by atoms with Gasteiger partial charge in [0.05, 0.1) is 0 Å². The lowest BCUT2D eigenvalue weighted by Gasteiger charge is -2.00. The maximum absolute atomic E-state index is 11.6. The number of aromatic nitrogens is 3. The van der Waals surface area contributed by atoms with E-state index in [1.54, 1.807) is 11.8 Å². The van der Waals surface area contributed by atoms with E-state index in [9.17, 15) is 4.79 Å². The third-order valence-corrected chi connectivity index (χ3v) is 2.76. The van der Waals surface area contributed by atoms with Crippen LogP contribution in [0.1, 0.15) is 42.6 Å². The Labute approximate surface area is 99.8 Å². The fourth-order valence-electron chi connectivity index (χ4n) is 1.13. The second-order valence-corrected chi connectivity index (χ2v) is 4.79. The fraction of sp³-hybridized carbons (Fsp3) is 0.700. The number of hydrogen-bond acceptors (Lipinski definition) is 4. The van der Waals surface area contributed by atoms with Gasteiger partial charge in [0.15, 0.2) is 0 Å². The molecule has 2 N–H and O–H groups in total. The maximum Gasteiger partial charge on any atom is 0.290 e. The summed E-state index contributed by atoms with van der Waals surface area (Å²) < 4.78 is 0. The summed E-state index contributed by atoms with van der Waals surface area (Å²) in [5.74, 6) is 2.07. The van der Waals surface area contributed by atoms with Crippen molar-refractivity contribution in [1.29, 1.82) is 0 Å². The molecule has 0 radical (unpaired) electrons. The molecule has 0 aliphatic rings. The Kier molecular flexibility index (Phi) is 5.31. The Hall–Kier alpha value is -1.04. The number of thioether (sulfide) groups is 1. The average molecular weight is 242 g/mol. The molecule has 1 heterocycles. The molecule has 0 fully saturated rings. The van der Waals surface area contributed by atoms with Crippen molar-refractivity contribution in [2.45, 2.75) is 26.2 Å². The van der Waals surface area contributed by atoms with E-state index in [0.29, 0.717) is 6.54 Å². The minimum absolute atomic E-state index is 0.204. The van der Waals surface area contributed by atoms with Crippen molar-refractivity contribution in [3.05, 3.63) is 11.6 Å². The van der Waals surface area contributed by atoms with Crippen molar-refractivity contribution in [3.63, 3.8) is 0 Å². The van der Waals surface area contributed by atoms with Gasteiger partial charge in [-0.3, -0.25) is 9.89 Å². The Morgan fingerprint density at radius 3 is 2.88 bits per heavy atom. The standard InChI is InChI=1S/C10H18N4OS/c1-7(2)8-12-9(14-13-8)10(15)11-5-4-6-16-3/h7H,4-6H2,1-3H3,(H,11,15)(H,12,13,14). The van der Waals surface area contributed by atoms with Crippen molar-refractivity contribution >= 4 is 17.7 Å². The largest absolute Gasteiger partial charge is 0.349 e. The van der Waals surface area contributed by atoms with Crippen molar-refractivity contribution in [1.82, 2.24) is 20.5 Å². The smallest absolute Gasteiger partial charge is 0.290 e. The van der Waals surface area contributed by atoms with Crippen molar-refractivity contribution < 1.29 is 4.79 Å². The minimum Gasteiger partial charge on any atom is -0.349 e. The summed E-state index contributed by atoms with van der Waals surface area (Å²) in [4.78, 5) is 15.7. The molecule has 1 rings (SSSR count). The van der Waals surface area contributed by atoms with E-state index < -0.39 is 0 Å². The van der Waals surface area contributed by atoms with Gasteiger partial charge in [-0.1, -0.05) is 13.8 Å². The second-order valence-electron chi connectivity index (χ2n) is 3.80. The highest BCUT2D eigenvalue weighted by atomic mass is 32.2. The molecule has 0 aliphatic heterocycles. The summed E-state index contributed by atoms with van der Waals surface area (Å²) in [7, 11) is 0. The van der Waals surface area contributed by atoms with E-state index in [0.717, 1.165) is 18.0 Å². The number of nitrogens with zero attached hydrogens (tertiary/aromatic N) is 2. The predicted octanol–water partition coefficient (Wildman–Crippen LogP) is 1.41. The van der Waals surface area contributed by atoms with Crippen LogP contribution < -0.4 is 5.32 Å². The van der Waals surface area contributed by atoms with Crippen LogP contribution in [0.5, 0.6) is 0 Å². The normalized spacial score (nSPS) is 10.8. The van der Waals surface area contributed by atoms with Crippen LogP contribution in [0.4, 0.5) is 0 Å². The van der Waals surface area contributed by atoms with Gasteiger partial charge < -0.3 is 5.32 Å². The van der Waals surface area contributed by atoms with E-state index >= 15 is 0 Å². The topological polar surface area (TPSA) is 70.7 Å². The quantitative estimate of drug-likeness (QED) is 0.740.